The Labute approximate surface area is 209 Å². The molecule has 0 fully saturated rings. The van der Waals surface area contributed by atoms with Gasteiger partial charge in [0, 0.05) is 31.0 Å². The van der Waals surface area contributed by atoms with Crippen LogP contribution < -0.4 is 9.84 Å². The largest absolute Gasteiger partial charge is 0.876 e. The van der Waals surface area contributed by atoms with Gasteiger partial charge in [-0.1, -0.05) is 68.8 Å². The van der Waals surface area contributed by atoms with Crippen molar-refractivity contribution in [2.75, 3.05) is 0 Å². The summed E-state index contributed by atoms with van der Waals surface area (Å²) in [5.74, 6) is 1.72. The number of fused-ring (bicyclic) bond motifs is 2. The summed E-state index contributed by atoms with van der Waals surface area (Å²) in [7, 11) is 0. The van der Waals surface area contributed by atoms with Crippen LogP contribution in [0.15, 0.2) is 77.6 Å². The molecule has 0 N–H and O–H groups in total. The molecule has 0 saturated heterocycles. The van der Waals surface area contributed by atoms with Crippen LogP contribution in [0.25, 0.3) is 10.8 Å². The van der Waals surface area contributed by atoms with E-state index in [1.54, 1.807) is 0 Å². The van der Waals surface area contributed by atoms with Gasteiger partial charge in [-0.05, 0) is 67.0 Å². The molecule has 0 aliphatic heterocycles. The maximum Gasteiger partial charge on any atom is 0.339 e. The van der Waals surface area contributed by atoms with E-state index in [0.29, 0.717) is 23.5 Å². The van der Waals surface area contributed by atoms with E-state index in [9.17, 15) is 14.7 Å². The van der Waals surface area contributed by atoms with E-state index in [1.165, 1.54) is 19.4 Å². The van der Waals surface area contributed by atoms with E-state index in [0.717, 1.165) is 28.8 Å². The zero-order valence-corrected chi connectivity index (χ0v) is 21.4. The van der Waals surface area contributed by atoms with Crippen molar-refractivity contribution < 1.29 is 38.9 Å². The van der Waals surface area contributed by atoms with Gasteiger partial charge in [-0.2, -0.15) is 0 Å². The van der Waals surface area contributed by atoms with Crippen molar-refractivity contribution in [2.45, 2.75) is 41.0 Å². The normalized spacial score (nSPS) is 21.4. The summed E-state index contributed by atoms with van der Waals surface area (Å²) < 4.78 is 5.74. The van der Waals surface area contributed by atoms with Gasteiger partial charge in [-0.25, -0.2) is 4.79 Å². The molecule has 0 spiro atoms. The van der Waals surface area contributed by atoms with Gasteiger partial charge in [0.1, 0.15) is 5.75 Å². The molecule has 2 bridgehead atoms. The number of ether oxygens (including phenoxy) is 1. The third kappa shape index (κ3) is 6.74. The monoisotopic (exact) mass is 534 g/mol. The summed E-state index contributed by atoms with van der Waals surface area (Å²) in [5.41, 5.74) is 2.23. The molecule has 177 valence electrons. The van der Waals surface area contributed by atoms with E-state index in [-0.39, 0.29) is 42.9 Å². The SMILES string of the molecule is CC(=O)/C=C(/C)[O-].CC1=C[C@@H]2C(C(=O)Oc3ccc4ccccc4c3)=C[C@H]1C[C@@H]2C(C)C.[Rh]. The van der Waals surface area contributed by atoms with Gasteiger partial charge < -0.3 is 9.84 Å². The minimum absolute atomic E-state index is 0. The number of allylic oxidation sites excluding steroid dienone is 5. The average Bonchev–Trinajstić information content (AvgIpc) is 2.73. The molecule has 2 aromatic carbocycles. The first kappa shape index (κ1) is 26.7. The molecule has 2 aromatic rings. The van der Waals surface area contributed by atoms with Crippen molar-refractivity contribution in [3.63, 3.8) is 0 Å². The van der Waals surface area contributed by atoms with E-state index in [4.69, 9.17) is 4.74 Å². The topological polar surface area (TPSA) is 66.4 Å². The number of carbonyl (C=O) groups is 2. The van der Waals surface area contributed by atoms with Gasteiger partial charge in [-0.15, -0.1) is 5.76 Å². The van der Waals surface area contributed by atoms with Crippen molar-refractivity contribution in [1.82, 2.24) is 0 Å². The second-order valence-electron chi connectivity index (χ2n) is 9.07. The summed E-state index contributed by atoms with van der Waals surface area (Å²) in [4.78, 5) is 22.8. The van der Waals surface area contributed by atoms with Crippen LogP contribution in [0, 0.1) is 23.7 Å². The van der Waals surface area contributed by atoms with Crippen molar-refractivity contribution in [2.24, 2.45) is 23.7 Å². The van der Waals surface area contributed by atoms with Crippen LogP contribution in [0.4, 0.5) is 0 Å². The Hall–Kier alpha value is -2.52. The molecular weight excluding hydrogens is 503 g/mol. The zero-order valence-electron chi connectivity index (χ0n) is 19.8. The Kier molecular flexibility index (Phi) is 9.37. The second kappa shape index (κ2) is 11.6. The zero-order chi connectivity index (χ0) is 23.4. The van der Waals surface area contributed by atoms with Gasteiger partial charge in [0.25, 0.3) is 0 Å². The summed E-state index contributed by atoms with van der Waals surface area (Å²) in [6.45, 7) is 9.38. The standard InChI is InChI=1S/C23H24O2.C5H8O2.Rh/c1-14(2)20-12-18-13-22(21(20)10-15(18)3)23(24)25-19-9-8-16-6-4-5-7-17(16)11-19;1-4(6)3-5(2)7;/h4-11,13-14,18,20-21H,12H2,1-3H3;3,6H,1-2H3;/p-1/b;4-3-;/t18-,20-,21+;;/m1../s1. The van der Waals surface area contributed by atoms with Crippen molar-refractivity contribution in [3.05, 3.63) is 77.6 Å². The first-order valence-corrected chi connectivity index (χ1v) is 11.1. The molecule has 3 atom stereocenters. The van der Waals surface area contributed by atoms with Crippen LogP contribution in [0.2, 0.25) is 0 Å². The van der Waals surface area contributed by atoms with E-state index >= 15 is 0 Å². The molecule has 5 heteroatoms. The fraction of sp³-hybridized carbons (Fsp3) is 0.357. The molecule has 4 nitrogen and oxygen atoms in total. The second-order valence-corrected chi connectivity index (χ2v) is 9.07. The minimum atomic E-state index is -0.195. The Morgan fingerprint density at radius 1 is 1.06 bits per heavy atom. The van der Waals surface area contributed by atoms with Crippen LogP contribution in [-0.2, 0) is 29.1 Å². The first-order valence-electron chi connectivity index (χ1n) is 11.1. The molecule has 3 aliphatic rings. The third-order valence-corrected chi connectivity index (χ3v) is 6.18. The Balaban J connectivity index is 0.000000423. The van der Waals surface area contributed by atoms with E-state index < -0.39 is 0 Å². The summed E-state index contributed by atoms with van der Waals surface area (Å²) >= 11 is 0. The molecule has 3 aliphatic carbocycles. The molecule has 0 unspecified atom stereocenters. The van der Waals surface area contributed by atoms with Crippen LogP contribution in [0.3, 0.4) is 0 Å². The van der Waals surface area contributed by atoms with E-state index in [1.807, 2.05) is 36.4 Å². The Morgan fingerprint density at radius 2 is 1.73 bits per heavy atom. The molecule has 0 heterocycles. The van der Waals surface area contributed by atoms with Gasteiger partial charge in [0.2, 0.25) is 0 Å². The van der Waals surface area contributed by atoms with Crippen molar-refractivity contribution in [1.29, 1.82) is 0 Å². The van der Waals surface area contributed by atoms with Crippen LogP contribution in [0.5, 0.6) is 5.75 Å². The average molecular weight is 534 g/mol. The predicted molar refractivity (Wildman–Crippen MR) is 126 cm³/mol. The van der Waals surface area contributed by atoms with Crippen molar-refractivity contribution >= 4 is 22.5 Å². The van der Waals surface area contributed by atoms with Crippen molar-refractivity contribution in [3.8, 4) is 5.75 Å². The maximum absolute atomic E-state index is 12.8. The molecule has 5 rings (SSSR count). The Morgan fingerprint density at radius 3 is 2.27 bits per heavy atom. The molecule has 33 heavy (non-hydrogen) atoms. The maximum atomic E-state index is 12.8. The molecule has 1 radical (unpaired) electrons. The van der Waals surface area contributed by atoms with Crippen LogP contribution in [0.1, 0.15) is 41.0 Å². The molecule has 0 saturated carbocycles. The quantitative estimate of drug-likeness (QED) is 0.132. The first-order chi connectivity index (χ1) is 15.2. The van der Waals surface area contributed by atoms with Gasteiger partial charge in [0.05, 0.1) is 0 Å². The minimum Gasteiger partial charge on any atom is -0.876 e. The number of hydrogen-bond acceptors (Lipinski definition) is 4. The molecule has 0 aromatic heterocycles. The summed E-state index contributed by atoms with van der Waals surface area (Å²) in [6.07, 6.45) is 6.63. The smallest absolute Gasteiger partial charge is 0.339 e. The predicted octanol–water partition coefficient (Wildman–Crippen LogP) is 5.38. The fourth-order valence-corrected chi connectivity index (χ4v) is 4.58. The third-order valence-electron chi connectivity index (χ3n) is 6.18. The van der Waals surface area contributed by atoms with Gasteiger partial charge in [-0.3, -0.25) is 4.79 Å². The summed E-state index contributed by atoms with van der Waals surface area (Å²) in [6, 6.07) is 13.9. The molecular formula is C28H31O4Rh-. The summed E-state index contributed by atoms with van der Waals surface area (Å²) in [5, 5.41) is 12.2. The fourth-order valence-electron chi connectivity index (χ4n) is 4.58. The molecule has 0 amide bonds. The Bertz CT molecular complexity index is 1110. The number of benzene rings is 2. The van der Waals surface area contributed by atoms with Gasteiger partial charge in [0.15, 0.2) is 5.78 Å². The number of hydrogen-bond donors (Lipinski definition) is 0. The van der Waals surface area contributed by atoms with Crippen LogP contribution in [-0.4, -0.2) is 11.8 Å². The number of ketones is 1. The number of rotatable bonds is 4. The van der Waals surface area contributed by atoms with E-state index in [2.05, 4.69) is 39.0 Å². The van der Waals surface area contributed by atoms with Gasteiger partial charge >= 0.3 is 5.97 Å². The van der Waals surface area contributed by atoms with Crippen LogP contribution >= 0.6 is 0 Å². The number of esters is 1. The number of carbonyl (C=O) groups excluding carboxylic acids is 2.